The van der Waals surface area contributed by atoms with Gasteiger partial charge in [0.1, 0.15) is 11.5 Å². The van der Waals surface area contributed by atoms with Crippen LogP contribution in [0.2, 0.25) is 10.0 Å². The largest absolute Gasteiger partial charge is 0.400 e. The van der Waals surface area contributed by atoms with Crippen molar-refractivity contribution in [2.45, 2.75) is 26.4 Å². The lowest BCUT2D eigenvalue weighted by atomic mass is 10.1. The van der Waals surface area contributed by atoms with E-state index < -0.39 is 5.82 Å². The van der Waals surface area contributed by atoms with Crippen LogP contribution in [-0.4, -0.2) is 44.1 Å². The molecule has 4 aromatic rings. The molecule has 2 aromatic heterocycles. The Balaban J connectivity index is 0.00000156. The minimum atomic E-state index is -0.421. The first-order valence-corrected chi connectivity index (χ1v) is 12.4. The molecule has 7 nitrogen and oxygen atoms in total. The summed E-state index contributed by atoms with van der Waals surface area (Å²) in [4.78, 5) is 24.3. The van der Waals surface area contributed by atoms with Gasteiger partial charge >= 0.3 is 0 Å². The number of halogens is 3. The molecule has 2 aromatic carbocycles. The summed E-state index contributed by atoms with van der Waals surface area (Å²) in [5.41, 5.74) is 4.51. The maximum atomic E-state index is 13.4. The average Bonchev–Trinajstić information content (AvgIpc) is 3.25. The summed E-state index contributed by atoms with van der Waals surface area (Å²) in [7, 11) is 1.00. The highest BCUT2D eigenvalue weighted by molar-refractivity contribution is 6.33. The number of amides is 1. The van der Waals surface area contributed by atoms with Gasteiger partial charge in [-0.15, -0.1) is 0 Å². The van der Waals surface area contributed by atoms with E-state index in [1.165, 1.54) is 18.2 Å². The quantitative estimate of drug-likeness (QED) is 0.319. The molecule has 3 heterocycles. The molecule has 1 aliphatic rings. The lowest BCUT2D eigenvalue weighted by Crippen LogP contribution is -2.30. The van der Waals surface area contributed by atoms with Gasteiger partial charge in [0.2, 0.25) is 5.95 Å². The number of benzene rings is 2. The molecule has 0 atom stereocenters. The Morgan fingerprint density at radius 2 is 1.92 bits per heavy atom. The summed E-state index contributed by atoms with van der Waals surface area (Å²) >= 11 is 12.3. The monoisotopic (exact) mass is 541 g/mol. The summed E-state index contributed by atoms with van der Waals surface area (Å²) < 4.78 is 15.4. The summed E-state index contributed by atoms with van der Waals surface area (Å²) in [6.07, 6.45) is 4.50. The highest BCUT2D eigenvalue weighted by Crippen LogP contribution is 2.29. The van der Waals surface area contributed by atoms with E-state index in [0.29, 0.717) is 41.1 Å². The van der Waals surface area contributed by atoms with Gasteiger partial charge in [0.15, 0.2) is 0 Å². The van der Waals surface area contributed by atoms with Crippen LogP contribution in [0.3, 0.4) is 0 Å². The molecule has 0 fully saturated rings. The van der Waals surface area contributed by atoms with E-state index in [9.17, 15) is 9.18 Å². The number of aliphatic hydroxyl groups excluding tert-OH is 1. The van der Waals surface area contributed by atoms with Crippen molar-refractivity contribution in [3.63, 3.8) is 0 Å². The Morgan fingerprint density at radius 3 is 2.68 bits per heavy atom. The van der Waals surface area contributed by atoms with Crippen molar-refractivity contribution in [3.05, 3.63) is 93.6 Å². The molecule has 0 bridgehead atoms. The number of rotatable bonds is 5. The lowest BCUT2D eigenvalue weighted by Gasteiger charge is -2.20. The van der Waals surface area contributed by atoms with E-state index in [1.54, 1.807) is 6.20 Å². The molecule has 37 heavy (non-hydrogen) atoms. The molecule has 192 valence electrons. The fourth-order valence-corrected chi connectivity index (χ4v) is 4.64. The van der Waals surface area contributed by atoms with Crippen molar-refractivity contribution >= 4 is 40.7 Å². The fraction of sp³-hybridized carbons (Fsp3) is 0.222. The van der Waals surface area contributed by atoms with E-state index in [4.69, 9.17) is 28.3 Å². The fourth-order valence-electron chi connectivity index (χ4n) is 4.21. The minimum Gasteiger partial charge on any atom is -0.400 e. The molecule has 5 rings (SSSR count). The van der Waals surface area contributed by atoms with Gasteiger partial charge in [-0.25, -0.2) is 14.4 Å². The van der Waals surface area contributed by atoms with Crippen LogP contribution in [0, 0.1) is 12.7 Å². The number of carbonyl (C=O) groups excluding carboxylic acids is 1. The topological polar surface area (TPSA) is 83.3 Å². The molecule has 2 N–H and O–H groups in total. The van der Waals surface area contributed by atoms with E-state index in [1.807, 2.05) is 52.9 Å². The SMILES string of the molecule is CO.Cc1cnc(Nc2ccc(F)cc2Cl)nc1-c1cc2n(c1)CCCN(Cc1cccc(Cl)c1)C2=O. The van der Waals surface area contributed by atoms with Crippen LogP contribution in [0.25, 0.3) is 11.3 Å². The van der Waals surface area contributed by atoms with E-state index in [-0.39, 0.29) is 10.9 Å². The van der Waals surface area contributed by atoms with Crippen LogP contribution in [-0.2, 0) is 13.1 Å². The molecule has 1 amide bonds. The summed E-state index contributed by atoms with van der Waals surface area (Å²) in [5.74, 6) is -0.123. The first-order valence-electron chi connectivity index (χ1n) is 11.6. The predicted molar refractivity (Wildman–Crippen MR) is 144 cm³/mol. The van der Waals surface area contributed by atoms with Gasteiger partial charge in [-0.1, -0.05) is 35.3 Å². The van der Waals surface area contributed by atoms with Gasteiger partial charge in [0.25, 0.3) is 5.91 Å². The van der Waals surface area contributed by atoms with E-state index >= 15 is 0 Å². The molecule has 0 aliphatic carbocycles. The minimum absolute atomic E-state index is 0.0307. The van der Waals surface area contributed by atoms with Crippen molar-refractivity contribution < 1.29 is 14.3 Å². The molecule has 0 saturated heterocycles. The zero-order chi connectivity index (χ0) is 26.5. The normalized spacial score (nSPS) is 12.9. The number of hydrogen-bond acceptors (Lipinski definition) is 5. The molecule has 1 aliphatic heterocycles. The summed E-state index contributed by atoms with van der Waals surface area (Å²) in [6, 6.07) is 13.5. The molecular weight excluding hydrogens is 516 g/mol. The number of nitrogens with one attached hydrogen (secondary N) is 1. The van der Waals surface area contributed by atoms with Crippen molar-refractivity contribution in [2.75, 3.05) is 19.0 Å². The summed E-state index contributed by atoms with van der Waals surface area (Å²) in [6.45, 7) is 3.81. The number of fused-ring (bicyclic) bond motifs is 1. The summed E-state index contributed by atoms with van der Waals surface area (Å²) in [5, 5.41) is 10.9. The first kappa shape index (κ1) is 26.6. The van der Waals surface area contributed by atoms with Gasteiger partial charge in [-0.2, -0.15) is 0 Å². The van der Waals surface area contributed by atoms with Crippen LogP contribution in [0.1, 0.15) is 28.0 Å². The maximum Gasteiger partial charge on any atom is 0.270 e. The highest BCUT2D eigenvalue weighted by atomic mass is 35.5. The number of carbonyl (C=O) groups is 1. The standard InChI is InChI=1S/C26H22Cl2FN5O.CH4O/c1-16-13-30-26(31-22-7-6-20(29)12-21(22)28)32-24(16)18-11-23-25(35)34(9-3-8-33(23)15-18)14-17-4-2-5-19(27)10-17;1-2/h2,4-7,10-13,15H,3,8-9,14H2,1H3,(H,30,31,32);2H,1H3. The van der Waals surface area contributed by atoms with Crippen molar-refractivity contribution in [1.82, 2.24) is 19.4 Å². The second-order valence-corrected chi connectivity index (χ2v) is 9.34. The molecule has 0 spiro atoms. The number of hydrogen-bond donors (Lipinski definition) is 2. The Morgan fingerprint density at radius 1 is 1.11 bits per heavy atom. The van der Waals surface area contributed by atoms with Crippen LogP contribution in [0.5, 0.6) is 0 Å². The van der Waals surface area contributed by atoms with Gasteiger partial charge in [0.05, 0.1) is 16.4 Å². The third-order valence-corrected chi connectivity index (χ3v) is 6.46. The number of nitrogens with zero attached hydrogens (tertiary/aromatic N) is 4. The van der Waals surface area contributed by atoms with Gasteiger partial charge in [0, 0.05) is 49.7 Å². The van der Waals surface area contributed by atoms with Crippen molar-refractivity contribution in [2.24, 2.45) is 0 Å². The first-order chi connectivity index (χ1) is 17.9. The van der Waals surface area contributed by atoms with Crippen LogP contribution >= 0.6 is 23.2 Å². The van der Waals surface area contributed by atoms with Crippen LogP contribution in [0.4, 0.5) is 16.0 Å². The molecule has 0 radical (unpaired) electrons. The average molecular weight is 542 g/mol. The Labute approximate surface area is 224 Å². The Hall–Kier alpha value is -3.46. The molecule has 0 saturated carbocycles. The van der Waals surface area contributed by atoms with Crippen molar-refractivity contribution in [3.8, 4) is 11.3 Å². The second-order valence-electron chi connectivity index (χ2n) is 8.49. The third kappa shape index (κ3) is 6.10. The third-order valence-electron chi connectivity index (χ3n) is 5.92. The van der Waals surface area contributed by atoms with Gasteiger partial charge < -0.3 is 19.9 Å². The number of aliphatic hydroxyl groups is 1. The molecular formula is C27H26Cl2FN5O2. The maximum absolute atomic E-state index is 13.4. The van der Waals surface area contributed by atoms with Gasteiger partial charge in [-0.3, -0.25) is 4.79 Å². The predicted octanol–water partition coefficient (Wildman–Crippen LogP) is 6.10. The van der Waals surface area contributed by atoms with E-state index in [2.05, 4.69) is 15.3 Å². The molecule has 0 unspecified atom stereocenters. The van der Waals surface area contributed by atoms with Crippen molar-refractivity contribution in [1.29, 1.82) is 0 Å². The second kappa shape index (κ2) is 11.7. The van der Waals surface area contributed by atoms with Crippen LogP contribution in [0.15, 0.2) is 60.9 Å². The van der Waals surface area contributed by atoms with Crippen LogP contribution < -0.4 is 5.32 Å². The highest BCUT2D eigenvalue weighted by Gasteiger charge is 2.25. The Kier molecular flexibility index (Phi) is 8.43. The number of aromatic nitrogens is 3. The zero-order valence-corrected chi connectivity index (χ0v) is 21.9. The number of aryl methyl sites for hydroxylation is 2. The Bertz CT molecular complexity index is 1430. The van der Waals surface area contributed by atoms with Gasteiger partial charge in [-0.05, 0) is 60.9 Å². The number of anilines is 2. The smallest absolute Gasteiger partial charge is 0.270 e. The lowest BCUT2D eigenvalue weighted by molar-refractivity contribution is 0.0746. The zero-order valence-electron chi connectivity index (χ0n) is 20.4. The van der Waals surface area contributed by atoms with E-state index in [0.717, 1.165) is 36.8 Å². The molecule has 10 heteroatoms.